The first-order chi connectivity index (χ1) is 2.94. The summed E-state index contributed by atoms with van der Waals surface area (Å²) in [4.78, 5) is -0.698. The molecule has 5 heteroatoms. The quantitative estimate of drug-likeness (QED) is 0.550. The Morgan fingerprint density at radius 1 is 1.29 bits per heavy atom. The predicted octanol–water partition coefficient (Wildman–Crippen LogP) is 3.05. The molecule has 0 saturated carbocycles. The number of halogens is 5. The van der Waals surface area contributed by atoms with E-state index in [1.807, 2.05) is 0 Å². The number of hydrogen-bond acceptors (Lipinski definition) is 0. The summed E-state index contributed by atoms with van der Waals surface area (Å²) in [6.45, 7) is 0. The smallest absolute Gasteiger partial charge is 0.204 e. The van der Waals surface area contributed by atoms with Crippen molar-refractivity contribution in [3.63, 3.8) is 0 Å². The topological polar surface area (TPSA) is 0 Å². The molecule has 0 bridgehead atoms. The van der Waals surface area contributed by atoms with E-state index in [-0.39, 0.29) is 0 Å². The lowest BCUT2D eigenvalue weighted by molar-refractivity contribution is 0.445. The SMILES string of the molecule is FC(Cl)(Cl)[C](Cl)Cl. The van der Waals surface area contributed by atoms with Crippen molar-refractivity contribution in [1.82, 2.24) is 0 Å². The summed E-state index contributed by atoms with van der Waals surface area (Å²) in [6, 6.07) is 0. The van der Waals surface area contributed by atoms with Gasteiger partial charge in [0, 0.05) is 0 Å². The molecule has 0 fully saturated rings. The van der Waals surface area contributed by atoms with Crippen molar-refractivity contribution in [3.05, 3.63) is 4.84 Å². The fourth-order valence-corrected chi connectivity index (χ4v) is 0. The molecule has 0 spiro atoms. The molecule has 1 radical (unpaired) electrons. The van der Waals surface area contributed by atoms with E-state index < -0.39 is 9.42 Å². The molecule has 0 unspecified atom stereocenters. The van der Waals surface area contributed by atoms with Gasteiger partial charge in [-0.3, -0.25) is 0 Å². The van der Waals surface area contributed by atoms with Gasteiger partial charge in [0.05, 0.1) is 0 Å². The zero-order chi connectivity index (χ0) is 6.08. The van der Waals surface area contributed by atoms with Crippen molar-refractivity contribution in [2.24, 2.45) is 0 Å². The number of alkyl halides is 3. The molecule has 0 aliphatic rings. The zero-order valence-corrected chi connectivity index (χ0v) is 5.91. The van der Waals surface area contributed by atoms with E-state index in [2.05, 4.69) is 23.2 Å². The lowest BCUT2D eigenvalue weighted by Crippen LogP contribution is -2.05. The fourth-order valence-electron chi connectivity index (χ4n) is 0. The van der Waals surface area contributed by atoms with E-state index in [9.17, 15) is 4.39 Å². The molecule has 0 aliphatic heterocycles. The summed E-state index contributed by atoms with van der Waals surface area (Å²) in [7, 11) is 0. The highest BCUT2D eigenvalue weighted by Crippen LogP contribution is 2.38. The van der Waals surface area contributed by atoms with Gasteiger partial charge in [-0.1, -0.05) is 46.4 Å². The molecular weight excluding hydrogens is 185 g/mol. The van der Waals surface area contributed by atoms with Gasteiger partial charge in [-0.15, -0.1) is 0 Å². The summed E-state index contributed by atoms with van der Waals surface area (Å²) < 4.78 is 9.13. The summed E-state index contributed by atoms with van der Waals surface area (Å²) >= 11 is 18.9. The first-order valence-electron chi connectivity index (χ1n) is 1.19. The van der Waals surface area contributed by atoms with E-state index in [4.69, 9.17) is 23.2 Å². The summed E-state index contributed by atoms with van der Waals surface area (Å²) in [6.07, 6.45) is 0. The Labute approximate surface area is 60.5 Å². The maximum absolute atomic E-state index is 11.7. The molecule has 0 heterocycles. The minimum atomic E-state index is -2.61. The lowest BCUT2D eigenvalue weighted by Gasteiger charge is -2.05. The molecule has 0 aromatic heterocycles. The van der Waals surface area contributed by atoms with Gasteiger partial charge in [0.15, 0.2) is 0 Å². The minimum absolute atomic E-state index is 0.698. The molecule has 7 heavy (non-hydrogen) atoms. The van der Waals surface area contributed by atoms with E-state index in [0.29, 0.717) is 0 Å². The molecule has 0 N–H and O–H groups in total. The highest BCUT2D eigenvalue weighted by atomic mass is 35.5. The van der Waals surface area contributed by atoms with Crippen LogP contribution in [-0.4, -0.2) is 4.59 Å². The van der Waals surface area contributed by atoms with Crippen LogP contribution in [0.3, 0.4) is 0 Å². The fraction of sp³-hybridized carbons (Fsp3) is 0.500. The molecule has 0 atom stereocenters. The Morgan fingerprint density at radius 2 is 1.43 bits per heavy atom. The highest BCUT2D eigenvalue weighted by molar-refractivity contribution is 6.64. The maximum Gasteiger partial charge on any atom is 0.293 e. The van der Waals surface area contributed by atoms with Gasteiger partial charge in [0.2, 0.25) is 4.84 Å². The lowest BCUT2D eigenvalue weighted by atomic mass is 10.9. The average molecular weight is 185 g/mol. The molecule has 0 nitrogen and oxygen atoms in total. The van der Waals surface area contributed by atoms with Gasteiger partial charge in [0.25, 0.3) is 4.59 Å². The van der Waals surface area contributed by atoms with Gasteiger partial charge in [-0.2, -0.15) is 0 Å². The second kappa shape index (κ2) is 2.58. The average Bonchev–Trinajstić information content (AvgIpc) is 1.31. The van der Waals surface area contributed by atoms with Gasteiger partial charge in [-0.05, 0) is 0 Å². The van der Waals surface area contributed by atoms with E-state index >= 15 is 0 Å². The first-order valence-corrected chi connectivity index (χ1v) is 2.71. The molecular formula is C2Cl4F. The predicted molar refractivity (Wildman–Crippen MR) is 30.5 cm³/mol. The van der Waals surface area contributed by atoms with Gasteiger partial charge >= 0.3 is 0 Å². The summed E-state index contributed by atoms with van der Waals surface area (Å²) in [5, 5.41) is 0. The monoisotopic (exact) mass is 183 g/mol. The zero-order valence-electron chi connectivity index (χ0n) is 2.89. The highest BCUT2D eigenvalue weighted by Gasteiger charge is 2.32. The third-order valence-electron chi connectivity index (χ3n) is 0.214. The van der Waals surface area contributed by atoms with Crippen molar-refractivity contribution >= 4 is 46.4 Å². The maximum atomic E-state index is 11.7. The molecule has 0 amide bonds. The van der Waals surface area contributed by atoms with Crippen LogP contribution < -0.4 is 0 Å². The second-order valence-electron chi connectivity index (χ2n) is 0.758. The van der Waals surface area contributed by atoms with Crippen LogP contribution >= 0.6 is 46.4 Å². The molecule has 0 saturated heterocycles. The molecule has 43 valence electrons. The van der Waals surface area contributed by atoms with E-state index in [1.165, 1.54) is 0 Å². The Hall–Kier alpha value is 1.09. The Balaban J connectivity index is 3.54. The van der Waals surface area contributed by atoms with Crippen LogP contribution in [0.15, 0.2) is 0 Å². The van der Waals surface area contributed by atoms with Crippen molar-refractivity contribution in [3.8, 4) is 0 Å². The second-order valence-corrected chi connectivity index (χ2v) is 2.94. The summed E-state index contributed by atoms with van der Waals surface area (Å²) in [5.41, 5.74) is 0. The van der Waals surface area contributed by atoms with Crippen molar-refractivity contribution < 1.29 is 4.39 Å². The number of hydrogen-bond donors (Lipinski definition) is 0. The van der Waals surface area contributed by atoms with Crippen molar-refractivity contribution in [1.29, 1.82) is 0 Å². The van der Waals surface area contributed by atoms with Crippen LogP contribution in [-0.2, 0) is 0 Å². The molecule has 0 aromatic rings. The first kappa shape index (κ1) is 8.09. The van der Waals surface area contributed by atoms with Crippen LogP contribution in [0.1, 0.15) is 0 Å². The normalized spacial score (nSPS) is 12.9. The third kappa shape index (κ3) is 3.65. The van der Waals surface area contributed by atoms with E-state index in [0.717, 1.165) is 0 Å². The van der Waals surface area contributed by atoms with Gasteiger partial charge in [0.1, 0.15) is 0 Å². The van der Waals surface area contributed by atoms with E-state index in [1.54, 1.807) is 0 Å². The van der Waals surface area contributed by atoms with Gasteiger partial charge < -0.3 is 0 Å². The third-order valence-corrected chi connectivity index (χ3v) is 1.50. The Morgan fingerprint density at radius 3 is 1.43 bits per heavy atom. The van der Waals surface area contributed by atoms with Crippen LogP contribution in [0.25, 0.3) is 0 Å². The molecule has 0 aromatic carbocycles. The van der Waals surface area contributed by atoms with Crippen LogP contribution in [0.2, 0.25) is 0 Å². The Kier molecular flexibility index (Phi) is 2.99. The summed E-state index contributed by atoms with van der Waals surface area (Å²) in [5.74, 6) is 0. The minimum Gasteiger partial charge on any atom is -0.204 e. The van der Waals surface area contributed by atoms with Crippen LogP contribution in [0.4, 0.5) is 4.39 Å². The number of rotatable bonds is 1. The standard InChI is InChI=1S/C2Cl4F/c3-1(4)2(5,6)7. The Bertz CT molecular complexity index is 55.2. The largest absolute Gasteiger partial charge is 0.293 e. The molecule has 0 rings (SSSR count). The van der Waals surface area contributed by atoms with Crippen molar-refractivity contribution in [2.45, 2.75) is 4.59 Å². The van der Waals surface area contributed by atoms with Crippen LogP contribution in [0.5, 0.6) is 0 Å². The van der Waals surface area contributed by atoms with Gasteiger partial charge in [-0.25, -0.2) is 4.39 Å². The van der Waals surface area contributed by atoms with Crippen molar-refractivity contribution in [2.75, 3.05) is 0 Å². The van der Waals surface area contributed by atoms with Crippen LogP contribution in [0, 0.1) is 4.84 Å². The molecule has 0 aliphatic carbocycles.